The van der Waals surface area contributed by atoms with Gasteiger partial charge in [0.1, 0.15) is 11.7 Å². The first-order chi connectivity index (χ1) is 8.25. The van der Waals surface area contributed by atoms with Gasteiger partial charge >= 0.3 is 5.97 Å². The van der Waals surface area contributed by atoms with Gasteiger partial charge in [0.15, 0.2) is 0 Å². The summed E-state index contributed by atoms with van der Waals surface area (Å²) in [5, 5.41) is -0.410. The average Bonchev–Trinajstić information content (AvgIpc) is 2.80. The molecule has 1 heterocycles. The molecule has 0 radical (unpaired) electrons. The van der Waals surface area contributed by atoms with Crippen molar-refractivity contribution < 1.29 is 22.1 Å². The summed E-state index contributed by atoms with van der Waals surface area (Å²) in [6.07, 6.45) is 0.825. The second kappa shape index (κ2) is 3.36. The van der Waals surface area contributed by atoms with Crippen LogP contribution in [0.15, 0.2) is 12.2 Å². The first-order valence-electron chi connectivity index (χ1n) is 6.06. The van der Waals surface area contributed by atoms with Gasteiger partial charge in [-0.1, -0.05) is 6.58 Å². The van der Waals surface area contributed by atoms with E-state index in [-0.39, 0.29) is 11.8 Å². The minimum absolute atomic E-state index is 0.0459. The Labute approximate surface area is 106 Å². The molecule has 3 fully saturated rings. The van der Waals surface area contributed by atoms with Gasteiger partial charge in [0.25, 0.3) is 10.1 Å². The van der Waals surface area contributed by atoms with E-state index in [1.807, 2.05) is 0 Å². The average molecular weight is 272 g/mol. The molecule has 6 heteroatoms. The topological polar surface area (TPSA) is 69.7 Å². The summed E-state index contributed by atoms with van der Waals surface area (Å²) in [5.74, 6) is -0.431. The molecule has 5 nitrogen and oxygen atoms in total. The predicted octanol–water partition coefficient (Wildman–Crippen LogP) is 1.00. The number of fused-ring (bicyclic) bond motifs is 1. The van der Waals surface area contributed by atoms with E-state index >= 15 is 0 Å². The van der Waals surface area contributed by atoms with Crippen LogP contribution in [0.25, 0.3) is 0 Å². The first-order valence-corrected chi connectivity index (χ1v) is 7.54. The summed E-state index contributed by atoms with van der Waals surface area (Å²) in [4.78, 5) is 11.6. The Balaban J connectivity index is 1.92. The molecule has 18 heavy (non-hydrogen) atoms. The lowest BCUT2D eigenvalue weighted by Gasteiger charge is -2.33. The maximum Gasteiger partial charge on any atom is 0.333 e. The molecule has 3 rings (SSSR count). The van der Waals surface area contributed by atoms with Crippen molar-refractivity contribution in [1.82, 2.24) is 0 Å². The molecule has 2 bridgehead atoms. The van der Waals surface area contributed by atoms with E-state index in [0.29, 0.717) is 12.0 Å². The van der Waals surface area contributed by atoms with Crippen LogP contribution >= 0.6 is 0 Å². The summed E-state index contributed by atoms with van der Waals surface area (Å²) in [7, 11) is -3.49. The van der Waals surface area contributed by atoms with Crippen molar-refractivity contribution in [3.05, 3.63) is 12.2 Å². The normalized spacial score (nSPS) is 47.2. The largest absolute Gasteiger partial charge is 0.456 e. The maximum absolute atomic E-state index is 11.9. The molecule has 5 atom stereocenters. The van der Waals surface area contributed by atoms with Crippen LogP contribution in [0.1, 0.15) is 26.7 Å². The summed E-state index contributed by atoms with van der Waals surface area (Å²) in [5.41, 5.74) is -0.559. The van der Waals surface area contributed by atoms with Gasteiger partial charge in [0, 0.05) is 17.4 Å². The van der Waals surface area contributed by atoms with Crippen LogP contribution in [0.3, 0.4) is 0 Å². The molecule has 1 aliphatic heterocycles. The minimum Gasteiger partial charge on any atom is -0.456 e. The van der Waals surface area contributed by atoms with Gasteiger partial charge in [0.05, 0.1) is 5.25 Å². The summed E-state index contributed by atoms with van der Waals surface area (Å²) in [6.45, 7) is 6.86. The summed E-state index contributed by atoms with van der Waals surface area (Å²) < 4.78 is 34.4. The zero-order valence-electron chi connectivity index (χ0n) is 10.4. The smallest absolute Gasteiger partial charge is 0.333 e. The standard InChI is InChI=1S/C12H16O5S/c1-6(2)11(13)16-10-7-4-8-9(5-7)18(14,15)17-12(8,10)3/h7-10H,1,4-5H2,2-3H3. The van der Waals surface area contributed by atoms with Crippen molar-refractivity contribution in [2.75, 3.05) is 0 Å². The van der Waals surface area contributed by atoms with E-state index in [1.54, 1.807) is 13.8 Å². The number of rotatable bonds is 2. The Morgan fingerprint density at radius 2 is 2.11 bits per heavy atom. The van der Waals surface area contributed by atoms with E-state index in [4.69, 9.17) is 8.92 Å². The lowest BCUT2D eigenvalue weighted by Crippen LogP contribution is -2.47. The minimum atomic E-state index is -3.49. The molecule has 0 aromatic rings. The fourth-order valence-corrected chi connectivity index (χ4v) is 5.84. The van der Waals surface area contributed by atoms with Crippen molar-refractivity contribution in [2.24, 2.45) is 11.8 Å². The van der Waals surface area contributed by atoms with Crippen molar-refractivity contribution in [1.29, 1.82) is 0 Å². The van der Waals surface area contributed by atoms with Gasteiger partial charge in [-0.15, -0.1) is 0 Å². The highest BCUT2D eigenvalue weighted by atomic mass is 32.2. The van der Waals surface area contributed by atoms with Crippen LogP contribution in [-0.2, 0) is 23.8 Å². The lowest BCUT2D eigenvalue weighted by molar-refractivity contribution is -0.158. The number of hydrogen-bond donors (Lipinski definition) is 0. The highest BCUT2D eigenvalue weighted by Gasteiger charge is 2.71. The van der Waals surface area contributed by atoms with Crippen LogP contribution in [0.2, 0.25) is 0 Å². The van der Waals surface area contributed by atoms with Crippen LogP contribution < -0.4 is 0 Å². The molecule has 3 aliphatic rings. The number of ether oxygens (including phenoxy) is 1. The zero-order chi connectivity index (χ0) is 13.3. The second-order valence-electron chi connectivity index (χ2n) is 5.74. The van der Waals surface area contributed by atoms with E-state index < -0.39 is 33.0 Å². The number of carbonyl (C=O) groups excluding carboxylic acids is 1. The molecule has 2 saturated carbocycles. The summed E-state index contributed by atoms with van der Waals surface area (Å²) in [6, 6.07) is 0. The number of carbonyl (C=O) groups is 1. The molecule has 0 N–H and O–H groups in total. The van der Waals surface area contributed by atoms with Crippen LogP contribution in [-0.4, -0.2) is 31.3 Å². The second-order valence-corrected chi connectivity index (χ2v) is 7.50. The van der Waals surface area contributed by atoms with E-state index in [2.05, 4.69) is 6.58 Å². The van der Waals surface area contributed by atoms with E-state index in [9.17, 15) is 13.2 Å². The third kappa shape index (κ3) is 1.36. The quantitative estimate of drug-likeness (QED) is 0.426. The Morgan fingerprint density at radius 1 is 1.44 bits per heavy atom. The first kappa shape index (κ1) is 12.2. The van der Waals surface area contributed by atoms with Gasteiger partial charge in [-0.3, -0.25) is 4.18 Å². The van der Waals surface area contributed by atoms with Crippen molar-refractivity contribution in [3.63, 3.8) is 0 Å². The third-order valence-electron chi connectivity index (χ3n) is 4.52. The van der Waals surface area contributed by atoms with Gasteiger partial charge in [-0.2, -0.15) is 8.42 Å². The van der Waals surface area contributed by atoms with Gasteiger partial charge in [0.2, 0.25) is 0 Å². The van der Waals surface area contributed by atoms with Crippen molar-refractivity contribution in [2.45, 2.75) is 43.6 Å². The van der Waals surface area contributed by atoms with Crippen LogP contribution in [0.4, 0.5) is 0 Å². The summed E-state index contributed by atoms with van der Waals surface area (Å²) >= 11 is 0. The van der Waals surface area contributed by atoms with Gasteiger partial charge in [-0.05, 0) is 26.7 Å². The van der Waals surface area contributed by atoms with Crippen LogP contribution in [0, 0.1) is 11.8 Å². The highest BCUT2D eigenvalue weighted by Crippen LogP contribution is 2.61. The van der Waals surface area contributed by atoms with Crippen LogP contribution in [0.5, 0.6) is 0 Å². The monoisotopic (exact) mass is 272 g/mol. The molecule has 1 saturated heterocycles. The Morgan fingerprint density at radius 3 is 2.72 bits per heavy atom. The predicted molar refractivity (Wildman–Crippen MR) is 63.1 cm³/mol. The Hall–Kier alpha value is -0.880. The molecule has 0 amide bonds. The molecule has 5 unspecified atom stereocenters. The van der Waals surface area contributed by atoms with Crippen molar-refractivity contribution in [3.8, 4) is 0 Å². The molecule has 0 aromatic heterocycles. The Kier molecular flexibility index (Phi) is 2.27. The molecule has 0 spiro atoms. The molecule has 0 aromatic carbocycles. The fourth-order valence-electron chi connectivity index (χ4n) is 3.74. The fraction of sp³-hybridized carbons (Fsp3) is 0.750. The molecule has 100 valence electrons. The third-order valence-corrected chi connectivity index (χ3v) is 6.37. The SMILES string of the molecule is C=C(C)C(=O)OC1C2CC3C(C2)S(=O)(=O)OC31C. The van der Waals surface area contributed by atoms with E-state index in [1.165, 1.54) is 0 Å². The van der Waals surface area contributed by atoms with Crippen molar-refractivity contribution >= 4 is 16.1 Å². The zero-order valence-corrected chi connectivity index (χ0v) is 11.2. The Bertz CT molecular complexity index is 537. The molecular formula is C12H16O5S. The molecule has 2 aliphatic carbocycles. The molecular weight excluding hydrogens is 256 g/mol. The lowest BCUT2D eigenvalue weighted by atomic mass is 9.83. The number of esters is 1. The van der Waals surface area contributed by atoms with Gasteiger partial charge in [-0.25, -0.2) is 4.79 Å². The van der Waals surface area contributed by atoms with Gasteiger partial charge < -0.3 is 4.74 Å². The maximum atomic E-state index is 11.9. The number of hydrogen-bond acceptors (Lipinski definition) is 5. The highest BCUT2D eigenvalue weighted by molar-refractivity contribution is 7.87. The van der Waals surface area contributed by atoms with E-state index in [0.717, 1.165) is 6.42 Å².